The van der Waals surface area contributed by atoms with Gasteiger partial charge in [-0.3, -0.25) is 0 Å². The SMILES string of the molecule is O=C(O)C(O)c1cccc(I)c1F. The number of carboxylic acid groups (broad SMARTS) is 1. The molecule has 5 heteroatoms. The van der Waals surface area contributed by atoms with Gasteiger partial charge in [0.15, 0.2) is 6.10 Å². The maximum Gasteiger partial charge on any atom is 0.337 e. The summed E-state index contributed by atoms with van der Waals surface area (Å²) >= 11 is 1.73. The second kappa shape index (κ2) is 4.01. The van der Waals surface area contributed by atoms with Crippen molar-refractivity contribution in [3.05, 3.63) is 33.1 Å². The molecule has 2 N–H and O–H groups in total. The maximum absolute atomic E-state index is 13.2. The molecule has 0 aliphatic rings. The number of carbonyl (C=O) groups is 1. The molecule has 1 aromatic carbocycles. The van der Waals surface area contributed by atoms with Crippen molar-refractivity contribution in [1.29, 1.82) is 0 Å². The van der Waals surface area contributed by atoms with E-state index < -0.39 is 17.9 Å². The maximum atomic E-state index is 13.2. The van der Waals surface area contributed by atoms with E-state index >= 15 is 0 Å². The van der Waals surface area contributed by atoms with Crippen molar-refractivity contribution in [3.8, 4) is 0 Å². The molecule has 1 unspecified atom stereocenters. The average molecular weight is 296 g/mol. The molecule has 1 aromatic rings. The minimum atomic E-state index is -1.80. The van der Waals surface area contributed by atoms with Gasteiger partial charge in [0.1, 0.15) is 5.82 Å². The van der Waals surface area contributed by atoms with E-state index in [9.17, 15) is 9.18 Å². The molecular weight excluding hydrogens is 290 g/mol. The zero-order chi connectivity index (χ0) is 10.0. The number of halogens is 2. The summed E-state index contributed by atoms with van der Waals surface area (Å²) in [5, 5.41) is 17.5. The van der Waals surface area contributed by atoms with Gasteiger partial charge in [-0.2, -0.15) is 0 Å². The third-order valence-electron chi connectivity index (χ3n) is 1.51. The van der Waals surface area contributed by atoms with Crippen molar-refractivity contribution >= 4 is 28.6 Å². The summed E-state index contributed by atoms with van der Waals surface area (Å²) in [5.41, 5.74) is -0.209. The lowest BCUT2D eigenvalue weighted by atomic mass is 10.1. The van der Waals surface area contributed by atoms with E-state index in [1.165, 1.54) is 18.2 Å². The summed E-state index contributed by atoms with van der Waals surface area (Å²) in [6, 6.07) is 4.23. The van der Waals surface area contributed by atoms with Crippen LogP contribution in [-0.4, -0.2) is 16.2 Å². The van der Waals surface area contributed by atoms with Crippen LogP contribution in [0, 0.1) is 9.39 Å². The summed E-state index contributed by atoms with van der Waals surface area (Å²) in [7, 11) is 0. The van der Waals surface area contributed by atoms with Crippen molar-refractivity contribution in [3.63, 3.8) is 0 Å². The number of benzene rings is 1. The largest absolute Gasteiger partial charge is 0.479 e. The average Bonchev–Trinajstić information content (AvgIpc) is 2.08. The van der Waals surface area contributed by atoms with Crippen LogP contribution in [0.1, 0.15) is 11.7 Å². The number of hydrogen-bond acceptors (Lipinski definition) is 2. The molecule has 0 radical (unpaired) electrons. The molecule has 0 saturated heterocycles. The molecule has 70 valence electrons. The lowest BCUT2D eigenvalue weighted by molar-refractivity contribution is -0.147. The van der Waals surface area contributed by atoms with E-state index in [1.807, 2.05) is 0 Å². The monoisotopic (exact) mass is 296 g/mol. The Morgan fingerprint density at radius 2 is 2.15 bits per heavy atom. The molecule has 0 aliphatic heterocycles. The topological polar surface area (TPSA) is 57.5 Å². The third kappa shape index (κ3) is 2.16. The molecule has 0 saturated carbocycles. The van der Waals surface area contributed by atoms with Gasteiger partial charge in [-0.1, -0.05) is 12.1 Å². The smallest absolute Gasteiger partial charge is 0.337 e. The molecule has 1 rings (SSSR count). The Morgan fingerprint density at radius 3 is 2.69 bits per heavy atom. The third-order valence-corrected chi connectivity index (χ3v) is 2.34. The van der Waals surface area contributed by atoms with Crippen molar-refractivity contribution in [2.75, 3.05) is 0 Å². The first-order valence-corrected chi connectivity index (χ1v) is 4.46. The Bertz CT molecular complexity index is 340. The standard InChI is InChI=1S/C8H6FIO3/c9-6-4(7(11)8(12)13)2-1-3-5(6)10/h1-3,7,11H,(H,12,13). The molecule has 0 aromatic heterocycles. The number of carboxylic acids is 1. The number of hydrogen-bond donors (Lipinski definition) is 2. The summed E-state index contributed by atoms with van der Waals surface area (Å²) in [4.78, 5) is 10.3. The van der Waals surface area contributed by atoms with Crippen LogP contribution in [0.4, 0.5) is 4.39 Å². The quantitative estimate of drug-likeness (QED) is 0.814. The fourth-order valence-electron chi connectivity index (χ4n) is 0.865. The first kappa shape index (κ1) is 10.4. The molecule has 0 bridgehead atoms. The minimum Gasteiger partial charge on any atom is -0.479 e. The van der Waals surface area contributed by atoms with Gasteiger partial charge in [0.25, 0.3) is 0 Å². The molecule has 0 aliphatic carbocycles. The highest BCUT2D eigenvalue weighted by molar-refractivity contribution is 14.1. The fourth-order valence-corrected chi connectivity index (χ4v) is 1.38. The van der Waals surface area contributed by atoms with Crippen LogP contribution in [0.3, 0.4) is 0 Å². The van der Waals surface area contributed by atoms with E-state index in [1.54, 1.807) is 22.6 Å². The van der Waals surface area contributed by atoms with Gasteiger partial charge in [-0.05, 0) is 28.7 Å². The number of rotatable bonds is 2. The number of aliphatic hydroxyl groups excluding tert-OH is 1. The lowest BCUT2D eigenvalue weighted by Crippen LogP contribution is -2.12. The molecule has 13 heavy (non-hydrogen) atoms. The zero-order valence-corrected chi connectivity index (χ0v) is 8.53. The minimum absolute atomic E-state index is 0.209. The normalized spacial score (nSPS) is 12.5. The Hall–Kier alpha value is -0.690. The number of aliphatic carboxylic acids is 1. The number of aliphatic hydroxyl groups is 1. The van der Waals surface area contributed by atoms with Gasteiger partial charge < -0.3 is 10.2 Å². The van der Waals surface area contributed by atoms with Crippen LogP contribution in [0.25, 0.3) is 0 Å². The van der Waals surface area contributed by atoms with Crippen LogP contribution >= 0.6 is 22.6 Å². The highest BCUT2D eigenvalue weighted by atomic mass is 127. The van der Waals surface area contributed by atoms with Gasteiger partial charge >= 0.3 is 5.97 Å². The first-order valence-electron chi connectivity index (χ1n) is 3.39. The van der Waals surface area contributed by atoms with Gasteiger partial charge in [0.05, 0.1) is 0 Å². The Labute approximate surface area is 87.3 Å². The van der Waals surface area contributed by atoms with Crippen molar-refractivity contribution in [2.45, 2.75) is 6.10 Å². The van der Waals surface area contributed by atoms with Gasteiger partial charge in [-0.15, -0.1) is 0 Å². The zero-order valence-electron chi connectivity index (χ0n) is 6.37. The van der Waals surface area contributed by atoms with Crippen LogP contribution in [0.5, 0.6) is 0 Å². The van der Waals surface area contributed by atoms with E-state index in [0.29, 0.717) is 0 Å². The Morgan fingerprint density at radius 1 is 1.54 bits per heavy atom. The lowest BCUT2D eigenvalue weighted by Gasteiger charge is -2.07. The summed E-state index contributed by atoms with van der Waals surface area (Å²) < 4.78 is 13.5. The first-order chi connectivity index (χ1) is 6.04. The van der Waals surface area contributed by atoms with E-state index in [2.05, 4.69) is 0 Å². The van der Waals surface area contributed by atoms with Crippen molar-refractivity contribution in [2.24, 2.45) is 0 Å². The van der Waals surface area contributed by atoms with Crippen LogP contribution in [0.2, 0.25) is 0 Å². The molecule has 1 atom stereocenters. The summed E-state index contributed by atoms with van der Waals surface area (Å²) in [6.45, 7) is 0. The summed E-state index contributed by atoms with van der Waals surface area (Å²) in [5.74, 6) is -2.14. The van der Waals surface area contributed by atoms with Crippen molar-refractivity contribution in [1.82, 2.24) is 0 Å². The van der Waals surface area contributed by atoms with Crippen LogP contribution < -0.4 is 0 Å². The fraction of sp³-hybridized carbons (Fsp3) is 0.125. The second-order valence-electron chi connectivity index (χ2n) is 2.38. The summed E-state index contributed by atoms with van der Waals surface area (Å²) in [6.07, 6.45) is -1.80. The van der Waals surface area contributed by atoms with Gasteiger partial charge in [-0.25, -0.2) is 9.18 Å². The predicted octanol–water partition coefficient (Wildman–Crippen LogP) is 1.55. The highest BCUT2D eigenvalue weighted by Gasteiger charge is 2.20. The van der Waals surface area contributed by atoms with E-state index in [-0.39, 0.29) is 9.13 Å². The molecule has 3 nitrogen and oxygen atoms in total. The van der Waals surface area contributed by atoms with Gasteiger partial charge in [0.2, 0.25) is 0 Å². The van der Waals surface area contributed by atoms with Gasteiger partial charge in [0, 0.05) is 9.13 Å². The Kier molecular flexibility index (Phi) is 3.21. The molecule has 0 fully saturated rings. The Balaban J connectivity index is 3.15. The van der Waals surface area contributed by atoms with E-state index in [0.717, 1.165) is 0 Å². The predicted molar refractivity (Wildman–Crippen MR) is 51.7 cm³/mol. The highest BCUT2D eigenvalue weighted by Crippen LogP contribution is 2.21. The van der Waals surface area contributed by atoms with E-state index in [4.69, 9.17) is 10.2 Å². The molecule has 0 amide bonds. The van der Waals surface area contributed by atoms with Crippen LogP contribution in [-0.2, 0) is 4.79 Å². The molecular formula is C8H6FIO3. The molecule has 0 spiro atoms. The second-order valence-corrected chi connectivity index (χ2v) is 3.55. The van der Waals surface area contributed by atoms with Crippen molar-refractivity contribution < 1.29 is 19.4 Å². The molecule has 0 heterocycles. The van der Waals surface area contributed by atoms with Crippen LogP contribution in [0.15, 0.2) is 18.2 Å².